The van der Waals surface area contributed by atoms with Crippen molar-refractivity contribution in [3.8, 4) is 0 Å². The van der Waals surface area contributed by atoms with Gasteiger partial charge in [-0.3, -0.25) is 24.7 Å². The summed E-state index contributed by atoms with van der Waals surface area (Å²) in [5, 5.41) is 0. The van der Waals surface area contributed by atoms with Crippen LogP contribution in [0.3, 0.4) is 0 Å². The Morgan fingerprint density at radius 3 is 1.48 bits per heavy atom. The third-order valence-electron chi connectivity index (χ3n) is 1.84. The van der Waals surface area contributed by atoms with Gasteiger partial charge in [-0.05, 0) is 0 Å². The van der Waals surface area contributed by atoms with Crippen LogP contribution < -0.4 is 16.9 Å². The van der Waals surface area contributed by atoms with Gasteiger partial charge in [-0.2, -0.15) is 8.62 Å². The Labute approximate surface area is 133 Å². The molecule has 0 saturated carbocycles. The van der Waals surface area contributed by atoms with Gasteiger partial charge in [0, 0.05) is 0 Å². The highest BCUT2D eigenvalue weighted by Crippen LogP contribution is 2.64. The molecule has 142 valence electrons. The molecular weight excluding hydrogens is 417 g/mol. The normalized spacial score (nSPS) is 12.7. The fourth-order valence-corrected chi connectivity index (χ4v) is 3.78. The van der Waals surface area contributed by atoms with Crippen molar-refractivity contribution in [2.75, 3.05) is 0 Å². The van der Waals surface area contributed by atoms with Crippen molar-refractivity contribution in [3.63, 3.8) is 0 Å². The van der Waals surface area contributed by atoms with Crippen LogP contribution >= 0.6 is 23.5 Å². The molecule has 0 radical (unpaired) electrons. The van der Waals surface area contributed by atoms with Crippen LogP contribution in [-0.4, -0.2) is 44.4 Å². The highest BCUT2D eigenvalue weighted by atomic mass is 31.3. The molecule has 2 heterocycles. The SMILES string of the molecule is O=P(O)(O)OP(=O)(O)OP(=O)(O)O.O=c1[nH]c(=O)c2[nH]c(=O)[nH]c2[nH]1. The highest BCUT2D eigenvalue weighted by Gasteiger charge is 2.38. The molecule has 9 N–H and O–H groups in total. The lowest BCUT2D eigenvalue weighted by molar-refractivity contribution is 0.204. The van der Waals surface area contributed by atoms with E-state index in [9.17, 15) is 28.1 Å². The molecule has 0 bridgehead atoms. The molecule has 0 saturated heterocycles. The largest absolute Gasteiger partial charge is 0.490 e. The summed E-state index contributed by atoms with van der Waals surface area (Å²) >= 11 is 0. The Hall–Kier alpha value is -1.64. The predicted molar refractivity (Wildman–Crippen MR) is 76.2 cm³/mol. The second kappa shape index (κ2) is 7.31. The first-order chi connectivity index (χ1) is 11.1. The number of aromatic nitrogens is 4. The predicted octanol–water partition coefficient (Wildman–Crippen LogP) is -2.46. The smallest absolute Gasteiger partial charge is 0.302 e. The van der Waals surface area contributed by atoms with Crippen molar-refractivity contribution in [2.45, 2.75) is 0 Å². The average molecular weight is 426 g/mol. The molecule has 0 aliphatic carbocycles. The van der Waals surface area contributed by atoms with Crippen LogP contribution in [0.4, 0.5) is 0 Å². The molecule has 0 aromatic carbocycles. The van der Waals surface area contributed by atoms with E-state index in [4.69, 9.17) is 24.5 Å². The fourth-order valence-electron chi connectivity index (χ4n) is 1.24. The first-order valence-electron chi connectivity index (χ1n) is 5.39. The summed E-state index contributed by atoms with van der Waals surface area (Å²) < 4.78 is 36.4. The average Bonchev–Trinajstić information content (AvgIpc) is 2.63. The first-order valence-corrected chi connectivity index (χ1v) is 9.95. The summed E-state index contributed by atoms with van der Waals surface area (Å²) in [5.74, 6) is 0. The number of hydrogen-bond donors (Lipinski definition) is 9. The Bertz CT molecular complexity index is 1030. The van der Waals surface area contributed by atoms with Gasteiger partial charge in [-0.25, -0.2) is 23.3 Å². The molecule has 0 aliphatic rings. The van der Waals surface area contributed by atoms with Crippen molar-refractivity contribution < 1.29 is 46.8 Å². The van der Waals surface area contributed by atoms with E-state index in [2.05, 4.69) is 23.6 Å². The van der Waals surface area contributed by atoms with Crippen molar-refractivity contribution in [1.29, 1.82) is 0 Å². The van der Waals surface area contributed by atoms with E-state index in [1.165, 1.54) is 0 Å². The molecule has 2 aromatic rings. The number of rotatable bonds is 4. The summed E-state index contributed by atoms with van der Waals surface area (Å²) in [6, 6.07) is 0. The van der Waals surface area contributed by atoms with E-state index >= 15 is 0 Å². The second-order valence-electron chi connectivity index (χ2n) is 3.85. The summed E-state index contributed by atoms with van der Waals surface area (Å²) in [6.07, 6.45) is 0. The van der Waals surface area contributed by atoms with Crippen molar-refractivity contribution in [2.24, 2.45) is 0 Å². The van der Waals surface area contributed by atoms with E-state index < -0.39 is 40.4 Å². The molecule has 0 aliphatic heterocycles. The topological polar surface area (TPSA) is 285 Å². The zero-order valence-electron chi connectivity index (χ0n) is 11.3. The summed E-state index contributed by atoms with van der Waals surface area (Å²) in [7, 11) is -16.2. The Morgan fingerprint density at radius 2 is 1.08 bits per heavy atom. The molecular formula is C5H9N4O13P3. The summed E-state index contributed by atoms with van der Waals surface area (Å²) in [4.78, 5) is 81.2. The molecule has 2 aromatic heterocycles. The number of phosphoric acid groups is 3. The monoisotopic (exact) mass is 426 g/mol. The Morgan fingerprint density at radius 1 is 0.680 bits per heavy atom. The van der Waals surface area contributed by atoms with Gasteiger partial charge in [0.1, 0.15) is 11.2 Å². The molecule has 20 heteroatoms. The van der Waals surface area contributed by atoms with E-state index in [1.807, 2.05) is 4.98 Å². The van der Waals surface area contributed by atoms with Gasteiger partial charge in [0.15, 0.2) is 0 Å². The number of aromatic amines is 4. The second-order valence-corrected chi connectivity index (χ2v) is 8.06. The van der Waals surface area contributed by atoms with Crippen LogP contribution in [0.2, 0.25) is 0 Å². The molecule has 0 atom stereocenters. The van der Waals surface area contributed by atoms with Gasteiger partial charge in [-0.15, -0.1) is 0 Å². The third kappa shape index (κ3) is 7.85. The quantitative estimate of drug-likeness (QED) is 0.230. The number of imidazole rings is 1. The van der Waals surface area contributed by atoms with Gasteiger partial charge in [-0.1, -0.05) is 0 Å². The van der Waals surface area contributed by atoms with Gasteiger partial charge in [0.25, 0.3) is 5.56 Å². The number of nitrogens with one attached hydrogen (secondary N) is 4. The van der Waals surface area contributed by atoms with Crippen LogP contribution in [0.5, 0.6) is 0 Å². The lowest BCUT2D eigenvalue weighted by atomic mass is 10.5. The fraction of sp³-hybridized carbons (Fsp3) is 0. The minimum atomic E-state index is -5.46. The third-order valence-corrected chi connectivity index (χ3v) is 5.19. The van der Waals surface area contributed by atoms with Crippen molar-refractivity contribution in [1.82, 2.24) is 19.9 Å². The van der Waals surface area contributed by atoms with Crippen LogP contribution in [0.25, 0.3) is 11.2 Å². The lowest BCUT2D eigenvalue weighted by Gasteiger charge is -2.11. The summed E-state index contributed by atoms with van der Waals surface area (Å²) in [5.41, 5.74) is -1.65. The maximum Gasteiger partial charge on any atom is 0.490 e. The Balaban J connectivity index is 0.000000250. The lowest BCUT2D eigenvalue weighted by Crippen LogP contribution is -2.21. The van der Waals surface area contributed by atoms with Gasteiger partial charge in [0.2, 0.25) is 0 Å². The van der Waals surface area contributed by atoms with Crippen LogP contribution in [0.1, 0.15) is 0 Å². The maximum atomic E-state index is 10.9. The first kappa shape index (κ1) is 21.4. The van der Waals surface area contributed by atoms with Gasteiger partial charge < -0.3 is 24.5 Å². The highest BCUT2D eigenvalue weighted by molar-refractivity contribution is 7.66. The van der Waals surface area contributed by atoms with E-state index in [0.717, 1.165) is 0 Å². The summed E-state index contributed by atoms with van der Waals surface area (Å²) in [6.45, 7) is 0. The minimum Gasteiger partial charge on any atom is -0.302 e. The zero-order valence-corrected chi connectivity index (χ0v) is 14.0. The molecule has 0 fully saturated rings. The molecule has 2 rings (SSSR count). The zero-order chi connectivity index (χ0) is 19.6. The van der Waals surface area contributed by atoms with Gasteiger partial charge >= 0.3 is 34.8 Å². The van der Waals surface area contributed by atoms with Crippen molar-refractivity contribution in [3.05, 3.63) is 31.3 Å². The van der Waals surface area contributed by atoms with E-state index in [1.54, 1.807) is 0 Å². The molecule has 0 unspecified atom stereocenters. The van der Waals surface area contributed by atoms with Gasteiger partial charge in [0.05, 0.1) is 0 Å². The molecule has 25 heavy (non-hydrogen) atoms. The number of hydrogen-bond acceptors (Lipinski definition) is 8. The Kier molecular flexibility index (Phi) is 6.26. The maximum absolute atomic E-state index is 10.9. The van der Waals surface area contributed by atoms with Crippen LogP contribution in [0.15, 0.2) is 14.4 Å². The van der Waals surface area contributed by atoms with Crippen molar-refractivity contribution >= 4 is 34.6 Å². The minimum absolute atomic E-state index is 0.0413. The molecule has 0 spiro atoms. The standard InChI is InChI=1S/C5H4N4O3.H5O10P3/c10-3-1-2(7-4(11)6-1)8-5(12)9-3;1-11(2,3)9-13(7,8)10-12(4,5)6/h(H4,6,7,8,9,10,11,12);(H,7,8)(H2,1,2,3)(H2,4,5,6). The van der Waals surface area contributed by atoms with Crippen LogP contribution in [-0.2, 0) is 22.3 Å². The number of fused-ring (bicyclic) bond motifs is 1. The molecule has 17 nitrogen and oxygen atoms in total. The van der Waals surface area contributed by atoms with E-state index in [0.29, 0.717) is 0 Å². The number of H-pyrrole nitrogens is 4. The van der Waals surface area contributed by atoms with Crippen LogP contribution in [0, 0.1) is 0 Å². The molecule has 0 amide bonds. The van der Waals surface area contributed by atoms with E-state index in [-0.39, 0.29) is 11.2 Å².